The number of nitrogens with one attached hydrogen (secondary N) is 3. The van der Waals surface area contributed by atoms with Gasteiger partial charge in [-0.3, -0.25) is 9.89 Å². The minimum absolute atomic E-state index is 0.280. The summed E-state index contributed by atoms with van der Waals surface area (Å²) < 4.78 is 11.3. The van der Waals surface area contributed by atoms with Gasteiger partial charge >= 0.3 is 0 Å². The number of aromatic nitrogens is 5. The molecule has 9 heteroatoms. The van der Waals surface area contributed by atoms with Gasteiger partial charge in [-0.15, -0.1) is 0 Å². The number of aromatic amines is 2. The Morgan fingerprint density at radius 3 is 2.86 bits per heavy atom. The summed E-state index contributed by atoms with van der Waals surface area (Å²) >= 11 is 0. The van der Waals surface area contributed by atoms with Crippen LogP contribution >= 0.6 is 0 Å². The van der Waals surface area contributed by atoms with E-state index in [2.05, 4.69) is 30.5 Å². The van der Waals surface area contributed by atoms with Crippen LogP contribution in [0.5, 0.6) is 11.6 Å². The maximum Gasteiger partial charge on any atom is 0.276 e. The van der Waals surface area contributed by atoms with Crippen LogP contribution < -0.4 is 14.8 Å². The summed E-state index contributed by atoms with van der Waals surface area (Å²) in [6.45, 7) is 4.69. The van der Waals surface area contributed by atoms with E-state index in [1.165, 1.54) is 0 Å². The van der Waals surface area contributed by atoms with Crippen molar-refractivity contribution in [3.63, 3.8) is 0 Å². The van der Waals surface area contributed by atoms with Gasteiger partial charge in [0.05, 0.1) is 17.6 Å². The fourth-order valence-electron chi connectivity index (χ4n) is 3.29. The van der Waals surface area contributed by atoms with Crippen molar-refractivity contribution in [3.8, 4) is 22.9 Å². The highest BCUT2D eigenvalue weighted by Gasteiger charge is 2.20. The molecule has 1 aliphatic rings. The van der Waals surface area contributed by atoms with Gasteiger partial charge in [-0.1, -0.05) is 0 Å². The molecule has 9 nitrogen and oxygen atoms in total. The van der Waals surface area contributed by atoms with E-state index < -0.39 is 0 Å². The van der Waals surface area contributed by atoms with Crippen molar-refractivity contribution in [1.82, 2.24) is 25.1 Å². The molecular formula is C20H18N6O3. The van der Waals surface area contributed by atoms with Crippen LogP contribution in [-0.2, 0) is 0 Å². The molecule has 3 N–H and O–H groups in total. The molecule has 0 atom stereocenters. The molecule has 5 rings (SSSR count). The molecule has 4 aromatic heterocycles. The van der Waals surface area contributed by atoms with Crippen LogP contribution in [0.25, 0.3) is 22.3 Å². The van der Waals surface area contributed by atoms with Gasteiger partial charge in [0.2, 0.25) is 0 Å². The Balaban J connectivity index is 1.47. The predicted molar refractivity (Wildman–Crippen MR) is 106 cm³/mol. The van der Waals surface area contributed by atoms with Gasteiger partial charge in [-0.2, -0.15) is 5.10 Å². The van der Waals surface area contributed by atoms with Crippen LogP contribution in [0.4, 0.5) is 5.69 Å². The van der Waals surface area contributed by atoms with Gasteiger partial charge in [0.1, 0.15) is 18.9 Å². The maximum atomic E-state index is 12.5. The van der Waals surface area contributed by atoms with Crippen molar-refractivity contribution >= 4 is 22.6 Å². The van der Waals surface area contributed by atoms with Gasteiger partial charge in [0.15, 0.2) is 11.4 Å². The third-order valence-corrected chi connectivity index (χ3v) is 4.93. The topological polar surface area (TPSA) is 118 Å². The number of anilines is 1. The SMILES string of the molecule is Cc1[nH]nc(C(=O)Nc2cnc3[nH]c(-c4ccnc5c4OCCO5)cc3c2)c1C. The molecule has 0 unspecified atom stereocenters. The zero-order valence-electron chi connectivity index (χ0n) is 15.9. The first-order valence-corrected chi connectivity index (χ1v) is 9.17. The average Bonchev–Trinajstić information content (AvgIpc) is 3.30. The third-order valence-electron chi connectivity index (χ3n) is 4.93. The highest BCUT2D eigenvalue weighted by molar-refractivity contribution is 6.04. The Bertz CT molecular complexity index is 1240. The quantitative estimate of drug-likeness (QED) is 0.495. The van der Waals surface area contributed by atoms with Gasteiger partial charge in [-0.25, -0.2) is 9.97 Å². The minimum atomic E-state index is -0.280. The Morgan fingerprint density at radius 1 is 1.17 bits per heavy atom. The van der Waals surface area contributed by atoms with Crippen molar-refractivity contribution < 1.29 is 14.3 Å². The van der Waals surface area contributed by atoms with E-state index in [4.69, 9.17) is 9.47 Å². The van der Waals surface area contributed by atoms with Crippen molar-refractivity contribution in [3.05, 3.63) is 47.5 Å². The first-order chi connectivity index (χ1) is 14.1. The predicted octanol–water partition coefficient (Wildman–Crippen LogP) is 2.99. The van der Waals surface area contributed by atoms with Gasteiger partial charge in [-0.05, 0) is 32.0 Å². The Hall–Kier alpha value is -3.88. The van der Waals surface area contributed by atoms with Crippen molar-refractivity contribution in [2.45, 2.75) is 13.8 Å². The molecule has 0 aromatic carbocycles. The highest BCUT2D eigenvalue weighted by Crippen LogP contribution is 2.38. The second-order valence-electron chi connectivity index (χ2n) is 6.81. The molecule has 4 aromatic rings. The molecule has 0 saturated carbocycles. The second kappa shape index (κ2) is 6.62. The molecule has 0 fully saturated rings. The van der Waals surface area contributed by atoms with Crippen LogP contribution in [0.3, 0.4) is 0 Å². The lowest BCUT2D eigenvalue weighted by Crippen LogP contribution is -2.16. The molecule has 1 aliphatic heterocycles. The molecular weight excluding hydrogens is 372 g/mol. The number of H-pyrrole nitrogens is 2. The molecule has 0 bridgehead atoms. The first-order valence-electron chi connectivity index (χ1n) is 9.17. The monoisotopic (exact) mass is 390 g/mol. The number of fused-ring (bicyclic) bond motifs is 2. The number of hydrogen-bond acceptors (Lipinski definition) is 6. The standard InChI is InChI=1S/C20H18N6O3/c1-10-11(2)25-26-16(10)19(27)23-13-7-12-8-15(24-18(12)22-9-13)14-3-4-21-20-17(14)28-5-6-29-20/h3-4,7-9H,5-6H2,1-2H3,(H,22,24)(H,23,27)(H,25,26). The first kappa shape index (κ1) is 17.2. The summed E-state index contributed by atoms with van der Waals surface area (Å²) in [4.78, 5) is 24.4. The van der Waals surface area contributed by atoms with Gasteiger partial charge in [0, 0.05) is 28.4 Å². The lowest BCUT2D eigenvalue weighted by atomic mass is 10.1. The van der Waals surface area contributed by atoms with Crippen molar-refractivity contribution in [1.29, 1.82) is 0 Å². The second-order valence-corrected chi connectivity index (χ2v) is 6.81. The van der Waals surface area contributed by atoms with Crippen LogP contribution in [-0.4, -0.2) is 44.3 Å². The van der Waals surface area contributed by atoms with Crippen molar-refractivity contribution in [2.75, 3.05) is 18.5 Å². The number of carbonyl (C=O) groups is 1. The molecule has 0 spiro atoms. The summed E-state index contributed by atoms with van der Waals surface area (Å²) in [7, 11) is 0. The van der Waals surface area contributed by atoms with Gasteiger partial charge < -0.3 is 19.8 Å². The van der Waals surface area contributed by atoms with E-state index in [9.17, 15) is 4.79 Å². The van der Waals surface area contributed by atoms with Gasteiger partial charge in [0.25, 0.3) is 11.8 Å². The van der Waals surface area contributed by atoms with E-state index in [0.717, 1.165) is 27.9 Å². The number of amides is 1. The Labute approximate surface area is 165 Å². The number of ether oxygens (including phenoxy) is 2. The van der Waals surface area contributed by atoms with E-state index in [1.54, 1.807) is 12.4 Å². The van der Waals surface area contributed by atoms with E-state index in [1.807, 2.05) is 32.0 Å². The largest absolute Gasteiger partial charge is 0.484 e. The van der Waals surface area contributed by atoms with E-state index >= 15 is 0 Å². The van der Waals surface area contributed by atoms with Crippen LogP contribution in [0.2, 0.25) is 0 Å². The maximum absolute atomic E-state index is 12.5. The number of hydrogen-bond donors (Lipinski definition) is 3. The number of aryl methyl sites for hydroxylation is 1. The fraction of sp³-hybridized carbons (Fsp3) is 0.200. The molecule has 0 saturated heterocycles. The van der Waals surface area contributed by atoms with Crippen LogP contribution in [0.1, 0.15) is 21.7 Å². The minimum Gasteiger partial charge on any atom is -0.484 e. The summed E-state index contributed by atoms with van der Waals surface area (Å²) in [5, 5.41) is 10.6. The molecule has 5 heterocycles. The van der Waals surface area contributed by atoms with Crippen molar-refractivity contribution in [2.24, 2.45) is 0 Å². The average molecular weight is 390 g/mol. The number of nitrogens with zero attached hydrogens (tertiary/aromatic N) is 3. The number of carbonyl (C=O) groups excluding carboxylic acids is 1. The zero-order valence-corrected chi connectivity index (χ0v) is 15.9. The molecule has 1 amide bonds. The summed E-state index contributed by atoms with van der Waals surface area (Å²) in [6.07, 6.45) is 3.29. The molecule has 146 valence electrons. The van der Waals surface area contributed by atoms with Crippen LogP contribution in [0.15, 0.2) is 30.6 Å². The number of pyridine rings is 2. The lowest BCUT2D eigenvalue weighted by Gasteiger charge is -2.19. The smallest absolute Gasteiger partial charge is 0.276 e. The Morgan fingerprint density at radius 2 is 2.03 bits per heavy atom. The normalized spacial score (nSPS) is 12.9. The highest BCUT2D eigenvalue weighted by atomic mass is 16.6. The zero-order chi connectivity index (χ0) is 20.0. The number of rotatable bonds is 3. The Kier molecular flexibility index (Phi) is 3.94. The van der Waals surface area contributed by atoms with Crippen LogP contribution in [0, 0.1) is 13.8 Å². The summed E-state index contributed by atoms with van der Waals surface area (Å²) in [5.74, 6) is 0.818. The molecule has 0 radical (unpaired) electrons. The lowest BCUT2D eigenvalue weighted by molar-refractivity contribution is 0.102. The summed E-state index contributed by atoms with van der Waals surface area (Å²) in [5.41, 5.74) is 5.03. The van der Waals surface area contributed by atoms with E-state index in [0.29, 0.717) is 41.9 Å². The van der Waals surface area contributed by atoms with E-state index in [-0.39, 0.29) is 5.91 Å². The molecule has 29 heavy (non-hydrogen) atoms. The molecule has 0 aliphatic carbocycles. The fourth-order valence-corrected chi connectivity index (χ4v) is 3.29. The summed E-state index contributed by atoms with van der Waals surface area (Å²) in [6, 6.07) is 5.68. The third kappa shape index (κ3) is 2.96.